The number of benzene rings is 1. The third kappa shape index (κ3) is 3.76. The molecule has 1 aromatic carbocycles. The molecule has 106 valence electrons. The Morgan fingerprint density at radius 1 is 1.40 bits per heavy atom. The van der Waals surface area contributed by atoms with Crippen LogP contribution in [-0.2, 0) is 12.3 Å². The van der Waals surface area contributed by atoms with Gasteiger partial charge >= 0.3 is 0 Å². The number of rotatable bonds is 6. The van der Waals surface area contributed by atoms with E-state index in [0.29, 0.717) is 0 Å². The van der Waals surface area contributed by atoms with Gasteiger partial charge in [-0.15, -0.1) is 23.1 Å². The largest absolute Gasteiger partial charge is 0.309 e. The molecule has 0 bridgehead atoms. The SMILES string of the molecule is Cc1nc(CSc2ccccc2Cl)sc1CNC1CC1. The highest BCUT2D eigenvalue weighted by atomic mass is 35.5. The fourth-order valence-electron chi connectivity index (χ4n) is 1.94. The van der Waals surface area contributed by atoms with Crippen molar-refractivity contribution in [3.63, 3.8) is 0 Å². The lowest BCUT2D eigenvalue weighted by atomic mass is 10.4. The zero-order valence-corrected chi connectivity index (χ0v) is 13.7. The molecule has 5 heteroatoms. The summed E-state index contributed by atoms with van der Waals surface area (Å²) in [6, 6.07) is 8.72. The second-order valence-electron chi connectivity index (χ2n) is 4.99. The maximum Gasteiger partial charge on any atom is 0.103 e. The van der Waals surface area contributed by atoms with Gasteiger partial charge in [-0.3, -0.25) is 0 Å². The van der Waals surface area contributed by atoms with Crippen LogP contribution in [0.5, 0.6) is 0 Å². The second-order valence-corrected chi connectivity index (χ2v) is 7.58. The number of nitrogens with zero attached hydrogens (tertiary/aromatic N) is 1. The number of thiazole rings is 1. The molecule has 0 amide bonds. The Morgan fingerprint density at radius 2 is 2.20 bits per heavy atom. The van der Waals surface area contributed by atoms with Crippen molar-refractivity contribution >= 4 is 34.7 Å². The molecule has 1 aliphatic rings. The molecule has 0 unspecified atom stereocenters. The van der Waals surface area contributed by atoms with Crippen molar-refractivity contribution < 1.29 is 0 Å². The molecule has 3 rings (SSSR count). The van der Waals surface area contributed by atoms with E-state index in [9.17, 15) is 0 Å². The normalized spacial score (nSPS) is 14.7. The summed E-state index contributed by atoms with van der Waals surface area (Å²) in [5.74, 6) is 0.888. The summed E-state index contributed by atoms with van der Waals surface area (Å²) in [7, 11) is 0. The molecule has 0 spiro atoms. The van der Waals surface area contributed by atoms with Crippen LogP contribution in [-0.4, -0.2) is 11.0 Å². The Hall–Kier alpha value is -0.550. The van der Waals surface area contributed by atoms with Crippen molar-refractivity contribution in [2.24, 2.45) is 0 Å². The first-order chi connectivity index (χ1) is 9.72. The van der Waals surface area contributed by atoms with Crippen LogP contribution in [0.2, 0.25) is 5.02 Å². The molecular weight excluding hydrogens is 308 g/mol. The van der Waals surface area contributed by atoms with E-state index >= 15 is 0 Å². The zero-order valence-electron chi connectivity index (χ0n) is 11.4. The lowest BCUT2D eigenvalue weighted by Crippen LogP contribution is -2.14. The molecule has 1 N–H and O–H groups in total. The summed E-state index contributed by atoms with van der Waals surface area (Å²) in [4.78, 5) is 7.16. The van der Waals surface area contributed by atoms with E-state index in [4.69, 9.17) is 11.6 Å². The fraction of sp³-hybridized carbons (Fsp3) is 0.400. The molecule has 0 aliphatic heterocycles. The Bertz CT molecular complexity index is 593. The van der Waals surface area contributed by atoms with Gasteiger partial charge in [0, 0.05) is 22.4 Å². The van der Waals surface area contributed by atoms with Crippen molar-refractivity contribution in [1.82, 2.24) is 10.3 Å². The van der Waals surface area contributed by atoms with Gasteiger partial charge < -0.3 is 5.32 Å². The monoisotopic (exact) mass is 324 g/mol. The van der Waals surface area contributed by atoms with Gasteiger partial charge in [-0.25, -0.2) is 4.98 Å². The van der Waals surface area contributed by atoms with Crippen molar-refractivity contribution in [3.05, 3.63) is 44.9 Å². The molecule has 1 aromatic heterocycles. The third-order valence-electron chi connectivity index (χ3n) is 3.25. The van der Waals surface area contributed by atoms with E-state index in [1.807, 2.05) is 29.5 Å². The first kappa shape index (κ1) is 14.4. The van der Waals surface area contributed by atoms with E-state index in [-0.39, 0.29) is 0 Å². The number of hydrogen-bond donors (Lipinski definition) is 1. The number of hydrogen-bond acceptors (Lipinski definition) is 4. The highest BCUT2D eigenvalue weighted by molar-refractivity contribution is 7.98. The second kappa shape index (κ2) is 6.48. The number of aromatic nitrogens is 1. The summed E-state index contributed by atoms with van der Waals surface area (Å²) < 4.78 is 0. The lowest BCUT2D eigenvalue weighted by molar-refractivity contribution is 0.691. The van der Waals surface area contributed by atoms with Crippen LogP contribution < -0.4 is 5.32 Å². The predicted octanol–water partition coefficient (Wildman–Crippen LogP) is 4.65. The van der Waals surface area contributed by atoms with E-state index in [1.165, 1.54) is 22.7 Å². The molecular formula is C15H17ClN2S2. The van der Waals surface area contributed by atoms with Crippen LogP contribution in [0.25, 0.3) is 0 Å². The van der Waals surface area contributed by atoms with Gasteiger partial charge in [-0.1, -0.05) is 23.7 Å². The molecule has 1 aliphatic carbocycles. The van der Waals surface area contributed by atoms with Gasteiger partial charge in [-0.05, 0) is 31.9 Å². The average molecular weight is 325 g/mol. The highest BCUT2D eigenvalue weighted by Gasteiger charge is 2.21. The smallest absolute Gasteiger partial charge is 0.103 e. The van der Waals surface area contributed by atoms with Crippen LogP contribution in [0.15, 0.2) is 29.2 Å². The molecule has 0 radical (unpaired) electrons. The van der Waals surface area contributed by atoms with Gasteiger partial charge in [0.25, 0.3) is 0 Å². The van der Waals surface area contributed by atoms with Gasteiger partial charge in [0.05, 0.1) is 16.5 Å². The van der Waals surface area contributed by atoms with E-state index in [2.05, 4.69) is 23.3 Å². The Labute approximate surface area is 133 Å². The first-order valence-corrected chi connectivity index (χ1v) is 8.96. The van der Waals surface area contributed by atoms with Crippen LogP contribution in [0.4, 0.5) is 0 Å². The summed E-state index contributed by atoms with van der Waals surface area (Å²) in [6.07, 6.45) is 2.65. The number of thioether (sulfide) groups is 1. The van der Waals surface area contributed by atoms with E-state index in [0.717, 1.165) is 34.0 Å². The Balaban J connectivity index is 1.59. The van der Waals surface area contributed by atoms with Gasteiger partial charge in [0.15, 0.2) is 0 Å². The molecule has 0 atom stereocenters. The molecule has 2 aromatic rings. The van der Waals surface area contributed by atoms with Crippen LogP contribution >= 0.6 is 34.7 Å². The zero-order chi connectivity index (χ0) is 13.9. The highest BCUT2D eigenvalue weighted by Crippen LogP contribution is 2.31. The summed E-state index contributed by atoms with van der Waals surface area (Å²) in [5, 5.41) is 5.55. The Morgan fingerprint density at radius 3 is 2.95 bits per heavy atom. The van der Waals surface area contributed by atoms with E-state index < -0.39 is 0 Å². The molecule has 2 nitrogen and oxygen atoms in total. The maximum atomic E-state index is 6.17. The predicted molar refractivity (Wildman–Crippen MR) is 87.7 cm³/mol. The minimum atomic E-state index is 0.748. The fourth-order valence-corrected chi connectivity index (χ4v) is 4.19. The Kier molecular flexibility index (Phi) is 4.66. The van der Waals surface area contributed by atoms with Crippen LogP contribution in [0.3, 0.4) is 0 Å². The quantitative estimate of drug-likeness (QED) is 0.783. The topological polar surface area (TPSA) is 24.9 Å². The molecule has 1 heterocycles. The van der Waals surface area contributed by atoms with Crippen LogP contribution in [0, 0.1) is 6.92 Å². The van der Waals surface area contributed by atoms with Crippen molar-refractivity contribution in [1.29, 1.82) is 0 Å². The van der Waals surface area contributed by atoms with Gasteiger partial charge in [-0.2, -0.15) is 0 Å². The minimum Gasteiger partial charge on any atom is -0.309 e. The van der Waals surface area contributed by atoms with Gasteiger partial charge in [0.1, 0.15) is 5.01 Å². The number of halogens is 1. The van der Waals surface area contributed by atoms with Crippen molar-refractivity contribution in [2.75, 3.05) is 0 Å². The minimum absolute atomic E-state index is 0.748. The third-order valence-corrected chi connectivity index (χ3v) is 6.12. The first-order valence-electron chi connectivity index (χ1n) is 6.78. The molecule has 1 fully saturated rings. The van der Waals surface area contributed by atoms with Crippen molar-refractivity contribution in [3.8, 4) is 0 Å². The van der Waals surface area contributed by atoms with E-state index in [1.54, 1.807) is 11.8 Å². The molecule has 1 saturated carbocycles. The van der Waals surface area contributed by atoms with Crippen molar-refractivity contribution in [2.45, 2.75) is 43.0 Å². The average Bonchev–Trinajstić information content (AvgIpc) is 3.20. The summed E-state index contributed by atoms with van der Waals surface area (Å²) >= 11 is 9.74. The number of nitrogens with one attached hydrogen (secondary N) is 1. The molecule has 20 heavy (non-hydrogen) atoms. The summed E-state index contributed by atoms with van der Waals surface area (Å²) in [6.45, 7) is 3.06. The lowest BCUT2D eigenvalue weighted by Gasteiger charge is -2.01. The van der Waals surface area contributed by atoms with Crippen LogP contribution in [0.1, 0.15) is 28.4 Å². The summed E-state index contributed by atoms with van der Waals surface area (Å²) in [5.41, 5.74) is 1.16. The maximum absolute atomic E-state index is 6.17. The molecule has 0 saturated heterocycles. The van der Waals surface area contributed by atoms with Gasteiger partial charge in [0.2, 0.25) is 0 Å². The standard InChI is InChI=1S/C15H17ClN2S2/c1-10-14(8-17-11-6-7-11)20-15(18-10)9-19-13-5-3-2-4-12(13)16/h2-5,11,17H,6-9H2,1H3. The number of aryl methyl sites for hydroxylation is 1.